The molecule has 2 aliphatic heterocycles. The fourth-order valence-corrected chi connectivity index (χ4v) is 3.98. The number of rotatable bonds is 4. The normalized spacial score (nSPS) is 23.4. The lowest BCUT2D eigenvalue weighted by atomic mass is 10.1. The van der Waals surface area contributed by atoms with Gasteiger partial charge in [-0.05, 0) is 31.4 Å². The van der Waals surface area contributed by atoms with Crippen LogP contribution in [-0.4, -0.2) is 53.1 Å². The van der Waals surface area contributed by atoms with Gasteiger partial charge in [0, 0.05) is 25.7 Å². The molecule has 0 spiro atoms. The number of nitrogens with zero attached hydrogens (tertiary/aromatic N) is 3. The molecule has 134 valence electrons. The summed E-state index contributed by atoms with van der Waals surface area (Å²) in [7, 11) is 0. The molecule has 3 heterocycles. The number of ether oxygens (including phenoxy) is 1. The van der Waals surface area contributed by atoms with Crippen molar-refractivity contribution in [3.8, 4) is 0 Å². The van der Waals surface area contributed by atoms with Crippen molar-refractivity contribution in [1.29, 1.82) is 0 Å². The van der Waals surface area contributed by atoms with Gasteiger partial charge in [0.15, 0.2) is 0 Å². The van der Waals surface area contributed by atoms with Gasteiger partial charge in [-0.1, -0.05) is 0 Å². The van der Waals surface area contributed by atoms with Crippen LogP contribution < -0.4 is 16.0 Å². The molecule has 4 N–H and O–H groups in total. The van der Waals surface area contributed by atoms with Crippen molar-refractivity contribution >= 4 is 28.5 Å². The van der Waals surface area contributed by atoms with Crippen LogP contribution in [0.3, 0.4) is 0 Å². The zero-order chi connectivity index (χ0) is 17.4. The lowest BCUT2D eigenvalue weighted by Crippen LogP contribution is -2.40. The lowest BCUT2D eigenvalue weighted by Gasteiger charge is -2.28. The summed E-state index contributed by atoms with van der Waals surface area (Å²) >= 11 is 0. The van der Waals surface area contributed by atoms with Gasteiger partial charge in [0.05, 0.1) is 35.9 Å². The summed E-state index contributed by atoms with van der Waals surface area (Å²) in [6, 6.07) is 4.35. The molecule has 0 bridgehead atoms. The molecule has 0 aliphatic carbocycles. The number of hydrogen-bond acceptors (Lipinski definition) is 5. The van der Waals surface area contributed by atoms with Gasteiger partial charge >= 0.3 is 6.09 Å². The third-order valence-corrected chi connectivity index (χ3v) is 5.20. The number of aromatic nitrogens is 2. The molecule has 1 amide bonds. The largest absolute Gasteiger partial charge is 0.465 e. The van der Waals surface area contributed by atoms with Gasteiger partial charge in [-0.15, -0.1) is 0 Å². The van der Waals surface area contributed by atoms with E-state index in [0.29, 0.717) is 24.9 Å². The summed E-state index contributed by atoms with van der Waals surface area (Å²) in [5.74, 6) is 0. The second kappa shape index (κ2) is 6.44. The van der Waals surface area contributed by atoms with E-state index in [1.165, 1.54) is 0 Å². The quantitative estimate of drug-likeness (QED) is 0.730. The van der Waals surface area contributed by atoms with Crippen LogP contribution in [0.1, 0.15) is 25.3 Å². The van der Waals surface area contributed by atoms with E-state index in [9.17, 15) is 4.79 Å². The van der Waals surface area contributed by atoms with Crippen LogP contribution in [0.15, 0.2) is 18.5 Å². The first-order valence-corrected chi connectivity index (χ1v) is 8.71. The molecule has 2 fully saturated rings. The van der Waals surface area contributed by atoms with Crippen LogP contribution in [0.2, 0.25) is 0 Å². The van der Waals surface area contributed by atoms with E-state index < -0.39 is 6.09 Å². The molecular formula is C17H23N5O3. The van der Waals surface area contributed by atoms with Crippen LogP contribution in [-0.2, 0) is 4.74 Å². The van der Waals surface area contributed by atoms with Crippen LogP contribution in [0.25, 0.3) is 11.0 Å². The Kier molecular flexibility index (Phi) is 4.12. The molecule has 0 unspecified atom stereocenters. The molecular weight excluding hydrogens is 322 g/mol. The molecule has 0 saturated carbocycles. The summed E-state index contributed by atoms with van der Waals surface area (Å²) in [6.07, 6.45) is 3.81. The van der Waals surface area contributed by atoms with Crippen molar-refractivity contribution < 1.29 is 14.6 Å². The Morgan fingerprint density at radius 3 is 3.08 bits per heavy atom. The van der Waals surface area contributed by atoms with Crippen molar-refractivity contribution in [2.75, 3.05) is 36.9 Å². The smallest absolute Gasteiger partial charge is 0.404 e. The van der Waals surface area contributed by atoms with Crippen LogP contribution >= 0.6 is 0 Å². The SMILES string of the molecule is Nc1ccc2c(ncn2[C@@H]2CCOC2)c1N1CCC[C@H]1CNC(=O)O. The highest BCUT2D eigenvalue weighted by Gasteiger charge is 2.29. The van der Waals surface area contributed by atoms with Gasteiger partial charge in [-0.3, -0.25) is 0 Å². The average molecular weight is 345 g/mol. The average Bonchev–Trinajstić information content (AvgIpc) is 3.32. The molecule has 8 heteroatoms. The van der Waals surface area contributed by atoms with E-state index in [4.69, 9.17) is 15.6 Å². The molecule has 25 heavy (non-hydrogen) atoms. The van der Waals surface area contributed by atoms with Gasteiger partial charge in [0.2, 0.25) is 0 Å². The standard InChI is InChI=1S/C17H23N5O3/c18-13-3-4-14-15(20-10-22(14)12-5-7-25-9-12)16(13)21-6-1-2-11(21)8-19-17(23)24/h3-4,10-12,19H,1-2,5-9,18H2,(H,23,24)/t11-,12+/m0/s1. The molecule has 8 nitrogen and oxygen atoms in total. The summed E-state index contributed by atoms with van der Waals surface area (Å²) < 4.78 is 7.68. The van der Waals surface area contributed by atoms with E-state index in [2.05, 4.69) is 19.8 Å². The van der Waals surface area contributed by atoms with Gasteiger partial charge in [0.25, 0.3) is 0 Å². The molecule has 2 aromatic rings. The molecule has 2 saturated heterocycles. The highest BCUT2D eigenvalue weighted by atomic mass is 16.5. The topological polar surface area (TPSA) is 106 Å². The van der Waals surface area contributed by atoms with Crippen molar-refractivity contribution in [2.24, 2.45) is 0 Å². The lowest BCUT2D eigenvalue weighted by molar-refractivity contribution is 0.187. The summed E-state index contributed by atoms with van der Waals surface area (Å²) in [4.78, 5) is 17.7. The number of nitrogens with one attached hydrogen (secondary N) is 1. The number of amides is 1. The third-order valence-electron chi connectivity index (χ3n) is 5.20. The van der Waals surface area contributed by atoms with Crippen LogP contribution in [0.5, 0.6) is 0 Å². The van der Waals surface area contributed by atoms with Gasteiger partial charge in [0.1, 0.15) is 5.52 Å². The second-order valence-corrected chi connectivity index (χ2v) is 6.72. The summed E-state index contributed by atoms with van der Waals surface area (Å²) in [5.41, 5.74) is 9.83. The predicted octanol–water partition coefficient (Wildman–Crippen LogP) is 1.82. The first-order chi connectivity index (χ1) is 12.1. The highest BCUT2D eigenvalue weighted by Crippen LogP contribution is 2.37. The molecule has 0 radical (unpaired) electrons. The maximum Gasteiger partial charge on any atom is 0.404 e. The van der Waals surface area contributed by atoms with Gasteiger partial charge < -0.3 is 30.4 Å². The van der Waals surface area contributed by atoms with Crippen molar-refractivity contribution in [2.45, 2.75) is 31.3 Å². The number of imidazole rings is 1. The maximum absolute atomic E-state index is 10.8. The molecule has 2 atom stereocenters. The first-order valence-electron chi connectivity index (χ1n) is 8.71. The Balaban J connectivity index is 1.70. The molecule has 4 rings (SSSR count). The predicted molar refractivity (Wildman–Crippen MR) is 95.0 cm³/mol. The Labute approximate surface area is 145 Å². The van der Waals surface area contributed by atoms with E-state index in [1.807, 2.05) is 18.5 Å². The van der Waals surface area contributed by atoms with E-state index in [0.717, 1.165) is 49.1 Å². The Morgan fingerprint density at radius 2 is 2.32 bits per heavy atom. The molecule has 2 aliphatic rings. The van der Waals surface area contributed by atoms with Crippen LogP contribution in [0.4, 0.5) is 16.2 Å². The number of benzene rings is 1. The van der Waals surface area contributed by atoms with E-state index in [-0.39, 0.29) is 6.04 Å². The molecule has 1 aromatic heterocycles. The summed E-state index contributed by atoms with van der Waals surface area (Å²) in [5, 5.41) is 11.4. The minimum absolute atomic E-state index is 0.101. The first kappa shape index (κ1) is 16.0. The van der Waals surface area contributed by atoms with Crippen molar-refractivity contribution in [1.82, 2.24) is 14.9 Å². The van der Waals surface area contributed by atoms with Gasteiger partial charge in [-0.2, -0.15) is 0 Å². The molecule has 1 aromatic carbocycles. The second-order valence-electron chi connectivity index (χ2n) is 6.72. The van der Waals surface area contributed by atoms with E-state index in [1.54, 1.807) is 0 Å². The zero-order valence-corrected chi connectivity index (χ0v) is 14.0. The van der Waals surface area contributed by atoms with E-state index >= 15 is 0 Å². The van der Waals surface area contributed by atoms with Gasteiger partial charge in [-0.25, -0.2) is 9.78 Å². The number of anilines is 2. The number of hydrogen-bond donors (Lipinski definition) is 3. The fraction of sp³-hybridized carbons (Fsp3) is 0.529. The monoisotopic (exact) mass is 345 g/mol. The number of nitrogen functional groups attached to an aromatic ring is 1. The van der Waals surface area contributed by atoms with Crippen LogP contribution in [0, 0.1) is 0 Å². The summed E-state index contributed by atoms with van der Waals surface area (Å²) in [6.45, 7) is 2.73. The number of carboxylic acid groups (broad SMARTS) is 1. The number of nitrogens with two attached hydrogens (primary N) is 1. The minimum Gasteiger partial charge on any atom is -0.465 e. The minimum atomic E-state index is -0.997. The Hall–Kier alpha value is -2.48. The van der Waals surface area contributed by atoms with Crippen molar-refractivity contribution in [3.05, 3.63) is 18.5 Å². The number of fused-ring (bicyclic) bond motifs is 1. The zero-order valence-electron chi connectivity index (χ0n) is 14.0. The Bertz CT molecular complexity index is 784. The fourth-order valence-electron chi connectivity index (χ4n) is 3.98. The third kappa shape index (κ3) is 2.86. The van der Waals surface area contributed by atoms with Crippen molar-refractivity contribution in [3.63, 3.8) is 0 Å². The highest BCUT2D eigenvalue weighted by molar-refractivity contribution is 5.96. The maximum atomic E-state index is 10.8. The number of carbonyl (C=O) groups is 1. The Morgan fingerprint density at radius 1 is 1.44 bits per heavy atom.